The van der Waals surface area contributed by atoms with Gasteiger partial charge < -0.3 is 19.5 Å². The molecule has 0 atom stereocenters. The minimum Gasteiger partial charge on any atom is -0.467 e. The Balaban J connectivity index is 1.22. The molecular weight excluding hydrogens is 432 g/mol. The third-order valence-corrected chi connectivity index (χ3v) is 6.49. The summed E-state index contributed by atoms with van der Waals surface area (Å²) in [6, 6.07) is 6.49. The number of hydrogen-bond donors (Lipinski definition) is 1. The van der Waals surface area contributed by atoms with Crippen molar-refractivity contribution in [2.45, 2.75) is 32.2 Å². The van der Waals surface area contributed by atoms with E-state index in [-0.39, 0.29) is 29.2 Å². The summed E-state index contributed by atoms with van der Waals surface area (Å²) in [5.41, 5.74) is -0.159. The number of furan rings is 1. The lowest BCUT2D eigenvalue weighted by atomic mass is 9.91. The number of nitrogens with one attached hydrogen (secondary N) is 1. The number of benzene rings is 1. The summed E-state index contributed by atoms with van der Waals surface area (Å²) in [7, 11) is 0. The Morgan fingerprint density at radius 1 is 0.939 bits per heavy atom. The molecule has 0 spiro atoms. The molecule has 3 amide bonds. The van der Waals surface area contributed by atoms with Crippen molar-refractivity contribution in [1.82, 2.24) is 15.1 Å². The average molecular weight is 459 g/mol. The predicted molar refractivity (Wildman–Crippen MR) is 115 cm³/mol. The lowest BCUT2D eigenvalue weighted by Gasteiger charge is -2.37. The molecule has 2 aliphatic heterocycles. The third-order valence-electron chi connectivity index (χ3n) is 6.49. The van der Waals surface area contributed by atoms with Crippen LogP contribution in [0.3, 0.4) is 0 Å². The van der Waals surface area contributed by atoms with E-state index < -0.39 is 17.5 Å². The van der Waals surface area contributed by atoms with Crippen molar-refractivity contribution < 1.29 is 27.6 Å². The molecule has 0 saturated carbocycles. The summed E-state index contributed by atoms with van der Waals surface area (Å²) in [4.78, 5) is 41.2. The van der Waals surface area contributed by atoms with Gasteiger partial charge in [0.05, 0.1) is 18.4 Å². The Labute approximate surface area is 190 Å². The summed E-state index contributed by atoms with van der Waals surface area (Å²) >= 11 is 0. The minimum absolute atomic E-state index is 0.0293. The molecule has 2 aromatic rings. The molecule has 1 aromatic carbocycles. The molecule has 0 bridgehead atoms. The fourth-order valence-electron chi connectivity index (χ4n) is 4.51. The maximum Gasteiger partial charge on any atom is 0.256 e. The average Bonchev–Trinajstić information content (AvgIpc) is 3.36. The van der Waals surface area contributed by atoms with Crippen molar-refractivity contribution in [3.63, 3.8) is 0 Å². The van der Waals surface area contributed by atoms with E-state index in [1.54, 1.807) is 23.3 Å². The molecule has 3 heterocycles. The number of piperidine rings is 2. The Hall–Kier alpha value is -3.23. The highest BCUT2D eigenvalue weighted by molar-refractivity contribution is 5.94. The first kappa shape index (κ1) is 22.9. The SMILES string of the molecule is O=C(NCc1ccco1)C1CCN(C(=O)C2CCN(C(=O)c3ccc(F)cc3F)CC2)CC1. The second kappa shape index (κ2) is 10.1. The van der Waals surface area contributed by atoms with Gasteiger partial charge in [0.2, 0.25) is 11.8 Å². The van der Waals surface area contributed by atoms with Crippen LogP contribution in [-0.4, -0.2) is 53.7 Å². The van der Waals surface area contributed by atoms with Gasteiger partial charge in [0.25, 0.3) is 5.91 Å². The lowest BCUT2D eigenvalue weighted by Crippen LogP contribution is -2.48. The summed E-state index contributed by atoms with van der Waals surface area (Å²) in [6.45, 7) is 2.09. The van der Waals surface area contributed by atoms with Gasteiger partial charge in [-0.25, -0.2) is 8.78 Å². The standard InChI is InChI=1S/C24H27F2N3O4/c25-18-3-4-20(21(26)14-18)24(32)29-11-7-17(8-12-29)23(31)28-9-5-16(6-10-28)22(30)27-15-19-2-1-13-33-19/h1-4,13-14,16-17H,5-12,15H2,(H,27,30). The van der Waals surface area contributed by atoms with Crippen LogP contribution in [0.15, 0.2) is 41.0 Å². The van der Waals surface area contributed by atoms with Crippen molar-refractivity contribution in [3.8, 4) is 0 Å². The number of halogens is 2. The van der Waals surface area contributed by atoms with Crippen LogP contribution in [-0.2, 0) is 16.1 Å². The molecule has 9 heteroatoms. The Morgan fingerprint density at radius 2 is 1.61 bits per heavy atom. The maximum absolute atomic E-state index is 13.9. The number of likely N-dealkylation sites (tertiary alicyclic amines) is 2. The van der Waals surface area contributed by atoms with Gasteiger partial charge in [-0.1, -0.05) is 0 Å². The molecule has 1 aromatic heterocycles. The zero-order valence-electron chi connectivity index (χ0n) is 18.3. The van der Waals surface area contributed by atoms with Gasteiger partial charge in [-0.05, 0) is 49.9 Å². The van der Waals surface area contributed by atoms with Crippen molar-refractivity contribution in [2.24, 2.45) is 11.8 Å². The molecule has 1 N–H and O–H groups in total. The molecule has 4 rings (SSSR count). The van der Waals surface area contributed by atoms with Crippen LogP contribution in [0, 0.1) is 23.5 Å². The molecule has 2 saturated heterocycles. The van der Waals surface area contributed by atoms with Crippen LogP contribution in [0.1, 0.15) is 41.8 Å². The molecule has 0 aliphatic carbocycles. The Morgan fingerprint density at radius 3 is 2.24 bits per heavy atom. The van der Waals surface area contributed by atoms with Gasteiger partial charge in [-0.15, -0.1) is 0 Å². The Kier molecular flexibility index (Phi) is 7.05. The fraction of sp³-hybridized carbons (Fsp3) is 0.458. The number of carbonyl (C=O) groups is 3. The largest absolute Gasteiger partial charge is 0.467 e. The van der Waals surface area contributed by atoms with Crippen LogP contribution >= 0.6 is 0 Å². The molecule has 176 valence electrons. The first-order valence-electron chi connectivity index (χ1n) is 11.3. The van der Waals surface area contributed by atoms with Gasteiger partial charge in [-0.3, -0.25) is 14.4 Å². The quantitative estimate of drug-likeness (QED) is 0.745. The van der Waals surface area contributed by atoms with Gasteiger partial charge in [0.1, 0.15) is 17.4 Å². The topological polar surface area (TPSA) is 82.9 Å². The lowest BCUT2D eigenvalue weighted by molar-refractivity contribution is -0.140. The maximum atomic E-state index is 13.9. The summed E-state index contributed by atoms with van der Waals surface area (Å²) < 4.78 is 32.3. The zero-order valence-corrected chi connectivity index (χ0v) is 18.3. The fourth-order valence-corrected chi connectivity index (χ4v) is 4.51. The number of amides is 3. The van der Waals surface area contributed by atoms with E-state index in [4.69, 9.17) is 4.42 Å². The van der Waals surface area contributed by atoms with Crippen molar-refractivity contribution in [2.75, 3.05) is 26.2 Å². The van der Waals surface area contributed by atoms with Gasteiger partial charge >= 0.3 is 0 Å². The predicted octanol–water partition coefficient (Wildman–Crippen LogP) is 2.97. The Bertz CT molecular complexity index is 995. The molecule has 0 radical (unpaired) electrons. The van der Waals surface area contributed by atoms with Crippen LogP contribution in [0.2, 0.25) is 0 Å². The first-order chi connectivity index (χ1) is 15.9. The summed E-state index contributed by atoms with van der Waals surface area (Å²) in [5, 5.41) is 2.88. The smallest absolute Gasteiger partial charge is 0.256 e. The van der Waals surface area contributed by atoms with Gasteiger partial charge in [-0.2, -0.15) is 0 Å². The van der Waals surface area contributed by atoms with E-state index >= 15 is 0 Å². The number of carbonyl (C=O) groups excluding carboxylic acids is 3. The summed E-state index contributed by atoms with van der Waals surface area (Å²) in [5.74, 6) is -1.71. The normalized spacial score (nSPS) is 17.8. The number of nitrogens with zero attached hydrogens (tertiary/aromatic N) is 2. The third kappa shape index (κ3) is 5.40. The van der Waals surface area contributed by atoms with Crippen LogP contribution in [0.5, 0.6) is 0 Å². The van der Waals surface area contributed by atoms with E-state index in [2.05, 4.69) is 5.32 Å². The highest BCUT2D eigenvalue weighted by Crippen LogP contribution is 2.25. The molecule has 2 aliphatic rings. The van der Waals surface area contributed by atoms with Crippen LogP contribution in [0.25, 0.3) is 0 Å². The van der Waals surface area contributed by atoms with Crippen molar-refractivity contribution >= 4 is 17.7 Å². The second-order valence-electron chi connectivity index (χ2n) is 8.59. The van der Waals surface area contributed by atoms with Crippen molar-refractivity contribution in [1.29, 1.82) is 0 Å². The second-order valence-corrected chi connectivity index (χ2v) is 8.59. The highest BCUT2D eigenvalue weighted by atomic mass is 19.1. The summed E-state index contributed by atoms with van der Waals surface area (Å²) in [6.07, 6.45) is 3.77. The van der Waals surface area contributed by atoms with Gasteiger partial charge in [0.15, 0.2) is 0 Å². The van der Waals surface area contributed by atoms with E-state index in [1.165, 1.54) is 4.90 Å². The van der Waals surface area contributed by atoms with Crippen LogP contribution < -0.4 is 5.32 Å². The van der Waals surface area contributed by atoms with E-state index in [1.807, 2.05) is 0 Å². The van der Waals surface area contributed by atoms with Gasteiger partial charge in [0, 0.05) is 44.1 Å². The van der Waals surface area contributed by atoms with E-state index in [0.717, 1.165) is 12.1 Å². The zero-order chi connectivity index (χ0) is 23.4. The number of rotatable bonds is 5. The van der Waals surface area contributed by atoms with E-state index in [9.17, 15) is 23.2 Å². The molecule has 2 fully saturated rings. The first-order valence-corrected chi connectivity index (χ1v) is 11.3. The monoisotopic (exact) mass is 459 g/mol. The molecule has 33 heavy (non-hydrogen) atoms. The number of hydrogen-bond acceptors (Lipinski definition) is 4. The minimum atomic E-state index is -0.880. The molecule has 0 unspecified atom stereocenters. The van der Waals surface area contributed by atoms with Crippen LogP contribution in [0.4, 0.5) is 8.78 Å². The highest BCUT2D eigenvalue weighted by Gasteiger charge is 2.34. The molecular formula is C24H27F2N3O4. The van der Waals surface area contributed by atoms with E-state index in [0.29, 0.717) is 70.2 Å². The van der Waals surface area contributed by atoms with Crippen molar-refractivity contribution in [3.05, 3.63) is 59.6 Å². The molecule has 7 nitrogen and oxygen atoms in total.